The quantitative estimate of drug-likeness (QED) is 0.701. The van der Waals surface area contributed by atoms with E-state index in [0.29, 0.717) is 5.56 Å². The van der Waals surface area contributed by atoms with Crippen LogP contribution in [-0.2, 0) is 4.74 Å². The number of carbonyl (C=O) groups is 1. The third-order valence-corrected chi connectivity index (χ3v) is 4.25. The van der Waals surface area contributed by atoms with E-state index in [2.05, 4.69) is 22.1 Å². The molecule has 0 bridgehead atoms. The number of ether oxygens (including phenoxy) is 1. The molecule has 0 saturated carbocycles. The fourth-order valence-electron chi connectivity index (χ4n) is 2.95. The molecular formula is C22H15FN2O2. The van der Waals surface area contributed by atoms with Gasteiger partial charge in [0.05, 0.1) is 0 Å². The van der Waals surface area contributed by atoms with Gasteiger partial charge in [-0.15, -0.1) is 0 Å². The molecule has 2 heterocycles. The predicted molar refractivity (Wildman–Crippen MR) is 98.2 cm³/mol. The Balaban J connectivity index is 1.63. The van der Waals surface area contributed by atoms with Gasteiger partial charge < -0.3 is 10.1 Å². The van der Waals surface area contributed by atoms with Crippen LogP contribution in [0.1, 0.15) is 34.4 Å². The zero-order valence-electron chi connectivity index (χ0n) is 14.2. The highest BCUT2D eigenvalue weighted by Crippen LogP contribution is 2.36. The summed E-state index contributed by atoms with van der Waals surface area (Å²) in [5.41, 5.74) is 3.12. The number of halogens is 1. The Hall–Kier alpha value is -3.65. The van der Waals surface area contributed by atoms with Crippen molar-refractivity contribution in [3.63, 3.8) is 0 Å². The molecule has 4 rings (SSSR count). The summed E-state index contributed by atoms with van der Waals surface area (Å²) < 4.78 is 18.6. The third-order valence-electron chi connectivity index (χ3n) is 4.25. The summed E-state index contributed by atoms with van der Waals surface area (Å²) in [5.74, 6) is 5.83. The van der Waals surface area contributed by atoms with Crippen molar-refractivity contribution in [3.8, 4) is 11.8 Å². The van der Waals surface area contributed by atoms with Gasteiger partial charge in [-0.1, -0.05) is 42.2 Å². The van der Waals surface area contributed by atoms with Crippen LogP contribution in [-0.4, -0.2) is 11.1 Å². The van der Waals surface area contributed by atoms with Crippen LogP contribution in [0.3, 0.4) is 0 Å². The number of cyclic esters (lactones) is 1. The lowest BCUT2D eigenvalue weighted by Crippen LogP contribution is -2.19. The molecule has 27 heavy (non-hydrogen) atoms. The monoisotopic (exact) mass is 358 g/mol. The summed E-state index contributed by atoms with van der Waals surface area (Å²) in [4.78, 5) is 16.1. The summed E-state index contributed by atoms with van der Waals surface area (Å²) in [6.07, 6.45) is 2.26. The second-order valence-electron chi connectivity index (χ2n) is 6.12. The van der Waals surface area contributed by atoms with Crippen LogP contribution < -0.4 is 5.32 Å². The van der Waals surface area contributed by atoms with E-state index in [4.69, 9.17) is 4.74 Å². The van der Waals surface area contributed by atoms with E-state index in [-0.39, 0.29) is 5.82 Å². The Bertz CT molecular complexity index is 1020. The van der Waals surface area contributed by atoms with E-state index in [9.17, 15) is 9.18 Å². The molecule has 0 unspecified atom stereocenters. The number of carbonyl (C=O) groups excluding carboxylic acids is 1. The zero-order valence-corrected chi connectivity index (χ0v) is 14.2. The summed E-state index contributed by atoms with van der Waals surface area (Å²) in [7, 11) is 0. The number of hydrogen-bond donors (Lipinski definition) is 1. The van der Waals surface area contributed by atoms with E-state index >= 15 is 0 Å². The van der Waals surface area contributed by atoms with Crippen molar-refractivity contribution in [2.24, 2.45) is 0 Å². The first-order valence-corrected chi connectivity index (χ1v) is 8.44. The number of nitrogens with one attached hydrogen (secondary N) is 1. The summed E-state index contributed by atoms with van der Waals surface area (Å²) in [5, 5.41) is 2.79. The van der Waals surface area contributed by atoms with E-state index in [0.717, 1.165) is 16.7 Å². The largest absolute Gasteiger partial charge is 0.439 e. The molecule has 3 aromatic rings. The second kappa shape index (κ2) is 7.30. The predicted octanol–water partition coefficient (Wildman–Crippen LogP) is 4.14. The van der Waals surface area contributed by atoms with Crippen LogP contribution in [0.2, 0.25) is 0 Å². The van der Waals surface area contributed by atoms with Gasteiger partial charge in [0, 0.05) is 23.5 Å². The minimum atomic E-state index is -0.558. The Labute approximate surface area is 156 Å². The first-order chi connectivity index (χ1) is 13.2. The molecule has 2 aromatic carbocycles. The molecule has 0 radical (unpaired) electrons. The average molecular weight is 358 g/mol. The molecule has 2 atom stereocenters. The van der Waals surface area contributed by atoms with Gasteiger partial charge in [0.1, 0.15) is 11.9 Å². The molecule has 0 spiro atoms. The number of amides is 1. The smallest absolute Gasteiger partial charge is 0.408 e. The van der Waals surface area contributed by atoms with Gasteiger partial charge in [-0.25, -0.2) is 9.18 Å². The first kappa shape index (κ1) is 16.8. The third kappa shape index (κ3) is 3.80. The molecule has 1 saturated heterocycles. The van der Waals surface area contributed by atoms with E-state index in [1.54, 1.807) is 24.5 Å². The standard InChI is InChI=1S/C22H15FN2O2/c23-19-10-8-17(9-11-19)21-20(25-22(26)27-21)18-12-16(13-24-14-18)7-6-15-4-2-1-3-5-15/h1-5,8-14,20-21H,(H,25,26)/t20-,21+/m1/s1. The van der Waals surface area contributed by atoms with Gasteiger partial charge in [0.25, 0.3) is 0 Å². The zero-order chi connectivity index (χ0) is 18.6. The highest BCUT2D eigenvalue weighted by molar-refractivity contribution is 5.71. The van der Waals surface area contributed by atoms with Crippen molar-refractivity contribution in [1.82, 2.24) is 10.3 Å². The van der Waals surface area contributed by atoms with Crippen LogP contribution in [0.15, 0.2) is 73.1 Å². The van der Waals surface area contributed by atoms with Gasteiger partial charge >= 0.3 is 6.09 Å². The molecule has 5 heteroatoms. The molecule has 1 N–H and O–H groups in total. The number of alkyl carbamates (subject to hydrolysis) is 1. The Kier molecular flexibility index (Phi) is 4.54. The maximum absolute atomic E-state index is 13.2. The Morgan fingerprint density at radius 3 is 2.44 bits per heavy atom. The van der Waals surface area contributed by atoms with Crippen molar-refractivity contribution < 1.29 is 13.9 Å². The summed E-state index contributed by atoms with van der Waals surface area (Å²) in [6, 6.07) is 17.0. The molecule has 1 aliphatic heterocycles. The van der Waals surface area contributed by atoms with Crippen LogP contribution in [0.5, 0.6) is 0 Å². The number of pyridine rings is 1. The fourth-order valence-corrected chi connectivity index (χ4v) is 2.95. The van der Waals surface area contributed by atoms with Crippen molar-refractivity contribution in [1.29, 1.82) is 0 Å². The van der Waals surface area contributed by atoms with Crippen molar-refractivity contribution in [3.05, 3.63) is 101 Å². The minimum absolute atomic E-state index is 0.340. The van der Waals surface area contributed by atoms with E-state index in [1.807, 2.05) is 36.4 Å². The molecule has 132 valence electrons. The van der Waals surface area contributed by atoms with Crippen molar-refractivity contribution >= 4 is 6.09 Å². The minimum Gasteiger partial charge on any atom is -0.439 e. The van der Waals surface area contributed by atoms with Crippen LogP contribution in [0.25, 0.3) is 0 Å². The van der Waals surface area contributed by atoms with Gasteiger partial charge in [0.15, 0.2) is 6.10 Å². The number of aromatic nitrogens is 1. The Morgan fingerprint density at radius 2 is 1.67 bits per heavy atom. The van der Waals surface area contributed by atoms with Gasteiger partial charge in [-0.3, -0.25) is 4.98 Å². The van der Waals surface area contributed by atoms with Gasteiger partial charge in [-0.05, 0) is 41.5 Å². The maximum Gasteiger partial charge on any atom is 0.408 e. The lowest BCUT2D eigenvalue weighted by Gasteiger charge is -2.17. The normalized spacial score (nSPS) is 18.2. The summed E-state index contributed by atoms with van der Waals surface area (Å²) in [6.45, 7) is 0. The van der Waals surface area contributed by atoms with Crippen LogP contribution in [0, 0.1) is 17.7 Å². The number of rotatable bonds is 2. The number of benzene rings is 2. The molecule has 1 aliphatic rings. The molecular weight excluding hydrogens is 343 g/mol. The topological polar surface area (TPSA) is 51.2 Å². The van der Waals surface area contributed by atoms with Crippen LogP contribution in [0.4, 0.5) is 9.18 Å². The fraction of sp³-hybridized carbons (Fsp3) is 0.0909. The van der Waals surface area contributed by atoms with E-state index in [1.165, 1.54) is 12.1 Å². The van der Waals surface area contributed by atoms with Crippen molar-refractivity contribution in [2.75, 3.05) is 0 Å². The number of nitrogens with zero attached hydrogens (tertiary/aromatic N) is 1. The molecule has 1 fully saturated rings. The average Bonchev–Trinajstić information content (AvgIpc) is 3.10. The SMILES string of the molecule is O=C1N[C@H](c2cncc(C#Cc3ccccc3)c2)[C@H](c2ccc(F)cc2)O1. The molecule has 1 aromatic heterocycles. The van der Waals surface area contributed by atoms with Gasteiger partial charge in [-0.2, -0.15) is 0 Å². The lowest BCUT2D eigenvalue weighted by atomic mass is 9.97. The maximum atomic E-state index is 13.2. The molecule has 4 nitrogen and oxygen atoms in total. The molecule has 1 amide bonds. The van der Waals surface area contributed by atoms with Crippen molar-refractivity contribution in [2.45, 2.75) is 12.1 Å². The molecule has 0 aliphatic carbocycles. The Morgan fingerprint density at radius 1 is 0.926 bits per heavy atom. The van der Waals surface area contributed by atoms with Crippen LogP contribution >= 0.6 is 0 Å². The summed E-state index contributed by atoms with van der Waals surface area (Å²) >= 11 is 0. The van der Waals surface area contributed by atoms with E-state index < -0.39 is 18.2 Å². The number of hydrogen-bond acceptors (Lipinski definition) is 3. The highest BCUT2D eigenvalue weighted by atomic mass is 19.1. The second-order valence-corrected chi connectivity index (χ2v) is 6.12. The highest BCUT2D eigenvalue weighted by Gasteiger charge is 2.36. The lowest BCUT2D eigenvalue weighted by molar-refractivity contribution is 0.132. The van der Waals surface area contributed by atoms with Gasteiger partial charge in [0.2, 0.25) is 0 Å². The first-order valence-electron chi connectivity index (χ1n) is 8.44.